The van der Waals surface area contributed by atoms with Gasteiger partial charge in [0.15, 0.2) is 5.65 Å². The van der Waals surface area contributed by atoms with E-state index in [0.29, 0.717) is 23.7 Å². The van der Waals surface area contributed by atoms with Crippen LogP contribution in [0.3, 0.4) is 0 Å². The molecule has 0 aliphatic rings. The molecular weight excluding hydrogens is 218 g/mol. The van der Waals surface area contributed by atoms with Crippen molar-refractivity contribution in [2.45, 2.75) is 27.2 Å². The molecule has 0 spiro atoms. The molecule has 0 bridgehead atoms. The van der Waals surface area contributed by atoms with Gasteiger partial charge < -0.3 is 5.11 Å². The normalized spacial score (nSPS) is 11.3. The van der Waals surface area contributed by atoms with Crippen LogP contribution in [0.2, 0.25) is 0 Å². The highest BCUT2D eigenvalue weighted by atomic mass is 16.4. The fourth-order valence-electron chi connectivity index (χ4n) is 1.86. The Balaban J connectivity index is 2.69. The Labute approximate surface area is 99.1 Å². The van der Waals surface area contributed by atoms with Crippen LogP contribution in [0.5, 0.6) is 0 Å². The molecule has 5 nitrogen and oxygen atoms in total. The van der Waals surface area contributed by atoms with E-state index in [1.54, 1.807) is 4.52 Å². The van der Waals surface area contributed by atoms with E-state index in [0.717, 1.165) is 5.69 Å². The van der Waals surface area contributed by atoms with Crippen molar-refractivity contribution in [2.24, 2.45) is 5.92 Å². The molecule has 0 aliphatic heterocycles. The Morgan fingerprint density at radius 1 is 1.53 bits per heavy atom. The highest BCUT2D eigenvalue weighted by Gasteiger charge is 2.16. The molecule has 5 heteroatoms. The van der Waals surface area contributed by atoms with E-state index >= 15 is 0 Å². The van der Waals surface area contributed by atoms with Crippen molar-refractivity contribution in [1.29, 1.82) is 0 Å². The Kier molecular flexibility index (Phi) is 2.83. The zero-order chi connectivity index (χ0) is 12.6. The fourth-order valence-corrected chi connectivity index (χ4v) is 1.86. The molecule has 2 aromatic rings. The standard InChI is InChI=1S/C12H15N3O2/c1-7(2)4-10-9(12(16)17)6-13-11-5-8(3)14-15(10)11/h5-7H,4H2,1-3H3,(H,16,17). The summed E-state index contributed by atoms with van der Waals surface area (Å²) in [4.78, 5) is 15.3. The fraction of sp³-hybridized carbons (Fsp3) is 0.417. The second kappa shape index (κ2) is 4.16. The first kappa shape index (κ1) is 11.6. The summed E-state index contributed by atoms with van der Waals surface area (Å²) in [6.45, 7) is 5.97. The van der Waals surface area contributed by atoms with E-state index in [1.165, 1.54) is 6.20 Å². The Bertz CT molecular complexity index is 572. The lowest BCUT2D eigenvalue weighted by Crippen LogP contribution is -2.12. The van der Waals surface area contributed by atoms with Crippen LogP contribution in [0, 0.1) is 12.8 Å². The molecule has 2 heterocycles. The van der Waals surface area contributed by atoms with Crippen molar-refractivity contribution < 1.29 is 9.90 Å². The van der Waals surface area contributed by atoms with E-state index < -0.39 is 5.97 Å². The zero-order valence-corrected chi connectivity index (χ0v) is 10.1. The summed E-state index contributed by atoms with van der Waals surface area (Å²) in [7, 11) is 0. The number of carbonyl (C=O) groups is 1. The predicted octanol–water partition coefficient (Wildman–Crippen LogP) is 1.93. The molecule has 0 fully saturated rings. The molecule has 0 saturated heterocycles. The first-order chi connectivity index (χ1) is 7.99. The first-order valence-corrected chi connectivity index (χ1v) is 5.56. The number of aromatic carboxylic acids is 1. The van der Waals surface area contributed by atoms with Crippen LogP contribution in [-0.2, 0) is 6.42 Å². The number of fused-ring (bicyclic) bond motifs is 1. The van der Waals surface area contributed by atoms with Crippen LogP contribution in [0.4, 0.5) is 0 Å². The predicted molar refractivity (Wildman–Crippen MR) is 63.2 cm³/mol. The van der Waals surface area contributed by atoms with Gasteiger partial charge in [0.25, 0.3) is 0 Å². The van der Waals surface area contributed by atoms with Gasteiger partial charge in [-0.25, -0.2) is 14.3 Å². The summed E-state index contributed by atoms with van der Waals surface area (Å²) >= 11 is 0. The van der Waals surface area contributed by atoms with Gasteiger partial charge in [-0.15, -0.1) is 0 Å². The number of carboxylic acids is 1. The first-order valence-electron chi connectivity index (χ1n) is 5.56. The van der Waals surface area contributed by atoms with Gasteiger partial charge in [0.05, 0.1) is 17.0 Å². The Morgan fingerprint density at radius 2 is 2.24 bits per heavy atom. The van der Waals surface area contributed by atoms with Gasteiger partial charge >= 0.3 is 5.97 Å². The largest absolute Gasteiger partial charge is 0.478 e. The molecule has 2 rings (SSSR count). The molecule has 0 unspecified atom stereocenters. The average molecular weight is 233 g/mol. The van der Waals surface area contributed by atoms with Crippen LogP contribution in [0.25, 0.3) is 5.65 Å². The number of hydrogen-bond donors (Lipinski definition) is 1. The monoisotopic (exact) mass is 233 g/mol. The lowest BCUT2D eigenvalue weighted by atomic mass is 10.0. The highest BCUT2D eigenvalue weighted by molar-refractivity contribution is 5.88. The van der Waals surface area contributed by atoms with Crippen molar-refractivity contribution in [3.8, 4) is 0 Å². The zero-order valence-electron chi connectivity index (χ0n) is 10.1. The number of rotatable bonds is 3. The molecule has 17 heavy (non-hydrogen) atoms. The topological polar surface area (TPSA) is 67.5 Å². The summed E-state index contributed by atoms with van der Waals surface area (Å²) in [5, 5.41) is 13.5. The van der Waals surface area contributed by atoms with E-state index in [9.17, 15) is 4.79 Å². The quantitative estimate of drug-likeness (QED) is 0.879. The highest BCUT2D eigenvalue weighted by Crippen LogP contribution is 2.16. The molecule has 90 valence electrons. The summed E-state index contributed by atoms with van der Waals surface area (Å²) < 4.78 is 1.64. The maximum absolute atomic E-state index is 11.2. The van der Waals surface area contributed by atoms with Crippen molar-refractivity contribution in [3.63, 3.8) is 0 Å². The number of aryl methyl sites for hydroxylation is 1. The second-order valence-electron chi connectivity index (χ2n) is 4.58. The summed E-state index contributed by atoms with van der Waals surface area (Å²) in [5.41, 5.74) is 2.48. The summed E-state index contributed by atoms with van der Waals surface area (Å²) in [6, 6.07) is 1.84. The van der Waals surface area contributed by atoms with Crippen LogP contribution < -0.4 is 0 Å². The summed E-state index contributed by atoms with van der Waals surface area (Å²) in [5.74, 6) is -0.591. The van der Waals surface area contributed by atoms with Crippen LogP contribution in [0.1, 0.15) is 35.6 Å². The lowest BCUT2D eigenvalue weighted by Gasteiger charge is -2.10. The molecule has 0 saturated carbocycles. The maximum Gasteiger partial charge on any atom is 0.339 e. The molecule has 2 aromatic heterocycles. The maximum atomic E-state index is 11.2. The smallest absolute Gasteiger partial charge is 0.339 e. The minimum Gasteiger partial charge on any atom is -0.478 e. The molecule has 1 N–H and O–H groups in total. The van der Waals surface area contributed by atoms with Crippen LogP contribution in [-0.4, -0.2) is 25.7 Å². The number of carboxylic acid groups (broad SMARTS) is 1. The van der Waals surface area contributed by atoms with Crippen molar-refractivity contribution in [2.75, 3.05) is 0 Å². The van der Waals surface area contributed by atoms with E-state index in [1.807, 2.05) is 26.8 Å². The van der Waals surface area contributed by atoms with Crippen molar-refractivity contribution in [1.82, 2.24) is 14.6 Å². The molecule has 0 aromatic carbocycles. The number of nitrogens with zero attached hydrogens (tertiary/aromatic N) is 3. The van der Waals surface area contributed by atoms with E-state index in [-0.39, 0.29) is 5.56 Å². The lowest BCUT2D eigenvalue weighted by molar-refractivity contribution is 0.0694. The Morgan fingerprint density at radius 3 is 2.82 bits per heavy atom. The minimum atomic E-state index is -0.955. The average Bonchev–Trinajstić information content (AvgIpc) is 2.58. The van der Waals surface area contributed by atoms with Crippen molar-refractivity contribution in [3.05, 3.63) is 29.2 Å². The van der Waals surface area contributed by atoms with Gasteiger partial charge in [-0.1, -0.05) is 13.8 Å². The van der Waals surface area contributed by atoms with Gasteiger partial charge in [0, 0.05) is 12.3 Å². The van der Waals surface area contributed by atoms with E-state index in [2.05, 4.69) is 10.1 Å². The van der Waals surface area contributed by atoms with Crippen LogP contribution in [0.15, 0.2) is 12.3 Å². The molecular formula is C12H15N3O2. The van der Waals surface area contributed by atoms with Gasteiger partial charge in [-0.05, 0) is 19.3 Å². The van der Waals surface area contributed by atoms with Gasteiger partial charge in [0.2, 0.25) is 0 Å². The van der Waals surface area contributed by atoms with Crippen molar-refractivity contribution >= 4 is 11.6 Å². The number of hydrogen-bond acceptors (Lipinski definition) is 3. The molecule has 0 radical (unpaired) electrons. The molecule has 0 aliphatic carbocycles. The molecule has 0 amide bonds. The van der Waals surface area contributed by atoms with Crippen LogP contribution >= 0.6 is 0 Å². The third-order valence-electron chi connectivity index (χ3n) is 2.54. The second-order valence-corrected chi connectivity index (χ2v) is 4.58. The Hall–Kier alpha value is -1.91. The van der Waals surface area contributed by atoms with Gasteiger partial charge in [-0.2, -0.15) is 5.10 Å². The van der Waals surface area contributed by atoms with E-state index in [4.69, 9.17) is 5.11 Å². The third-order valence-corrected chi connectivity index (χ3v) is 2.54. The third kappa shape index (κ3) is 2.13. The minimum absolute atomic E-state index is 0.231. The SMILES string of the molecule is Cc1cc2ncc(C(=O)O)c(CC(C)C)n2n1. The van der Waals surface area contributed by atoms with Gasteiger partial charge in [0.1, 0.15) is 0 Å². The molecule has 0 atom stereocenters. The summed E-state index contributed by atoms with van der Waals surface area (Å²) in [6.07, 6.45) is 2.08. The number of aromatic nitrogens is 3. The van der Waals surface area contributed by atoms with Gasteiger partial charge in [-0.3, -0.25) is 0 Å².